The third kappa shape index (κ3) is 1.79. The van der Waals surface area contributed by atoms with Gasteiger partial charge in [-0.05, 0) is 12.1 Å². The van der Waals surface area contributed by atoms with Crippen molar-refractivity contribution in [2.75, 3.05) is 6.54 Å². The zero-order valence-electron chi connectivity index (χ0n) is 7.66. The summed E-state index contributed by atoms with van der Waals surface area (Å²) >= 11 is 0. The van der Waals surface area contributed by atoms with Crippen LogP contribution in [0.3, 0.4) is 0 Å². The lowest BCUT2D eigenvalue weighted by Gasteiger charge is -2.05. The van der Waals surface area contributed by atoms with Gasteiger partial charge in [-0.25, -0.2) is 0 Å². The summed E-state index contributed by atoms with van der Waals surface area (Å²) in [4.78, 5) is 13.6. The van der Waals surface area contributed by atoms with E-state index in [4.69, 9.17) is 4.42 Å². The molecule has 0 spiro atoms. The number of hydrogen-bond acceptors (Lipinski definition) is 5. The summed E-state index contributed by atoms with van der Waals surface area (Å²) in [6, 6.07) is 3.26. The van der Waals surface area contributed by atoms with Crippen LogP contribution in [0.4, 0.5) is 0 Å². The van der Waals surface area contributed by atoms with E-state index in [0.717, 1.165) is 0 Å². The van der Waals surface area contributed by atoms with Gasteiger partial charge in [-0.15, -0.1) is 0 Å². The van der Waals surface area contributed by atoms with Crippen molar-refractivity contribution in [1.82, 2.24) is 4.98 Å². The second-order valence-corrected chi connectivity index (χ2v) is 3.06. The highest BCUT2D eigenvalue weighted by molar-refractivity contribution is 5.79. The summed E-state index contributed by atoms with van der Waals surface area (Å²) in [6.45, 7) is -0.558. The van der Waals surface area contributed by atoms with Crippen molar-refractivity contribution in [3.8, 4) is 0 Å². The molecule has 0 amide bonds. The summed E-state index contributed by atoms with van der Waals surface area (Å²) in [6.07, 6.45) is 1.69. The molecule has 0 aliphatic heterocycles. The van der Waals surface area contributed by atoms with E-state index in [1.54, 1.807) is 12.1 Å². The predicted octanol–water partition coefficient (Wildman–Crippen LogP) is 1.14. The van der Waals surface area contributed by atoms with Gasteiger partial charge in [0.15, 0.2) is 6.10 Å². The van der Waals surface area contributed by atoms with Crippen molar-refractivity contribution in [3.05, 3.63) is 40.4 Å². The first-order valence-electron chi connectivity index (χ1n) is 4.30. The first kappa shape index (κ1) is 9.60. The van der Waals surface area contributed by atoms with Crippen LogP contribution in [0.5, 0.6) is 0 Å². The van der Waals surface area contributed by atoms with Crippen molar-refractivity contribution in [1.29, 1.82) is 0 Å². The fraction of sp³-hybridized carbons (Fsp3) is 0.222. The maximum atomic E-state index is 10.3. The maximum Gasteiger partial charge on any atom is 0.235 e. The van der Waals surface area contributed by atoms with Crippen LogP contribution in [0.25, 0.3) is 11.0 Å². The molecule has 15 heavy (non-hydrogen) atoms. The van der Waals surface area contributed by atoms with Gasteiger partial charge >= 0.3 is 0 Å². The van der Waals surface area contributed by atoms with E-state index in [2.05, 4.69) is 4.98 Å². The van der Waals surface area contributed by atoms with Gasteiger partial charge in [0, 0.05) is 16.5 Å². The molecule has 2 rings (SSSR count). The van der Waals surface area contributed by atoms with Gasteiger partial charge in [0.25, 0.3) is 0 Å². The molecule has 1 atom stereocenters. The molecule has 0 aliphatic carbocycles. The minimum absolute atomic E-state index is 0.276. The van der Waals surface area contributed by atoms with Crippen LogP contribution in [0.1, 0.15) is 11.8 Å². The molecule has 1 N–H and O–H groups in total. The van der Waals surface area contributed by atoms with Gasteiger partial charge in [-0.1, -0.05) is 0 Å². The smallest absolute Gasteiger partial charge is 0.235 e. The van der Waals surface area contributed by atoms with Gasteiger partial charge < -0.3 is 9.52 Å². The zero-order valence-corrected chi connectivity index (χ0v) is 7.66. The Morgan fingerprint density at radius 3 is 3.13 bits per heavy atom. The monoisotopic (exact) mass is 208 g/mol. The molecule has 78 valence electrons. The molecule has 0 aromatic carbocycles. The predicted molar refractivity (Wildman–Crippen MR) is 50.8 cm³/mol. The van der Waals surface area contributed by atoms with E-state index in [9.17, 15) is 15.2 Å². The molecule has 1 unspecified atom stereocenters. The first-order valence-corrected chi connectivity index (χ1v) is 4.30. The van der Waals surface area contributed by atoms with Gasteiger partial charge in [0.2, 0.25) is 6.54 Å². The van der Waals surface area contributed by atoms with Gasteiger partial charge in [-0.2, -0.15) is 0 Å². The molecule has 0 saturated carbocycles. The van der Waals surface area contributed by atoms with E-state index in [0.29, 0.717) is 11.0 Å². The normalized spacial score (nSPS) is 12.9. The maximum absolute atomic E-state index is 10.3. The number of aromatic nitrogens is 1. The number of hydrogen-bond donors (Lipinski definition) is 1. The lowest BCUT2D eigenvalue weighted by atomic mass is 10.1. The van der Waals surface area contributed by atoms with E-state index in [1.165, 1.54) is 12.5 Å². The number of fused-ring (bicyclic) bond motifs is 1. The van der Waals surface area contributed by atoms with Crippen LogP contribution < -0.4 is 0 Å². The number of furan rings is 1. The van der Waals surface area contributed by atoms with Crippen molar-refractivity contribution in [2.24, 2.45) is 0 Å². The summed E-state index contributed by atoms with van der Waals surface area (Å²) in [5.74, 6) is 0. The molecule has 0 radical (unpaired) electrons. The van der Waals surface area contributed by atoms with Crippen molar-refractivity contribution in [3.63, 3.8) is 0 Å². The number of nitrogens with zero attached hydrogens (tertiary/aromatic N) is 2. The summed E-state index contributed by atoms with van der Waals surface area (Å²) in [7, 11) is 0. The number of nitro groups is 1. The van der Waals surface area contributed by atoms with E-state index in [-0.39, 0.29) is 5.69 Å². The van der Waals surface area contributed by atoms with Crippen molar-refractivity contribution < 1.29 is 14.4 Å². The molecule has 0 aliphatic rings. The zero-order chi connectivity index (χ0) is 10.8. The van der Waals surface area contributed by atoms with Crippen LogP contribution in [0, 0.1) is 10.1 Å². The number of rotatable bonds is 3. The lowest BCUT2D eigenvalue weighted by Crippen LogP contribution is -2.13. The van der Waals surface area contributed by atoms with Crippen LogP contribution in [-0.4, -0.2) is 21.6 Å². The minimum Gasteiger partial charge on any atom is -0.464 e. The Hall–Kier alpha value is -1.95. The number of aliphatic hydroxyl groups is 1. The number of pyridine rings is 1. The second-order valence-electron chi connectivity index (χ2n) is 3.06. The van der Waals surface area contributed by atoms with Crippen molar-refractivity contribution in [2.45, 2.75) is 6.10 Å². The molecule has 6 nitrogen and oxygen atoms in total. The third-order valence-electron chi connectivity index (χ3n) is 2.05. The molecular weight excluding hydrogens is 200 g/mol. The molecule has 0 saturated heterocycles. The Kier molecular flexibility index (Phi) is 2.34. The van der Waals surface area contributed by atoms with Crippen molar-refractivity contribution >= 4 is 11.0 Å². The Balaban J connectivity index is 2.42. The van der Waals surface area contributed by atoms with Crippen LogP contribution in [-0.2, 0) is 0 Å². The standard InChI is InChI=1S/C9H8N2O4/c12-7(5-11(13)14)9-6-2-4-15-8(6)1-3-10-9/h1-4,7,12H,5H2. The summed E-state index contributed by atoms with van der Waals surface area (Å²) in [5, 5.41) is 20.4. The lowest BCUT2D eigenvalue weighted by molar-refractivity contribution is -0.491. The van der Waals surface area contributed by atoms with Gasteiger partial charge in [-0.3, -0.25) is 15.1 Å². The highest BCUT2D eigenvalue weighted by Crippen LogP contribution is 2.22. The Labute approximate surface area is 84.3 Å². The Bertz CT molecular complexity index is 494. The number of aliphatic hydroxyl groups excluding tert-OH is 1. The Morgan fingerprint density at radius 1 is 1.60 bits per heavy atom. The van der Waals surface area contributed by atoms with Crippen LogP contribution >= 0.6 is 0 Å². The van der Waals surface area contributed by atoms with E-state index in [1.807, 2.05) is 0 Å². The van der Waals surface area contributed by atoms with Crippen LogP contribution in [0.15, 0.2) is 29.0 Å². The quantitative estimate of drug-likeness (QED) is 0.603. The summed E-state index contributed by atoms with van der Waals surface area (Å²) in [5.41, 5.74) is 0.834. The third-order valence-corrected chi connectivity index (χ3v) is 2.05. The Morgan fingerprint density at radius 2 is 2.40 bits per heavy atom. The molecule has 2 aromatic heterocycles. The first-order chi connectivity index (χ1) is 7.18. The fourth-order valence-corrected chi connectivity index (χ4v) is 1.41. The van der Waals surface area contributed by atoms with Crippen LogP contribution in [0.2, 0.25) is 0 Å². The molecule has 0 fully saturated rings. The largest absolute Gasteiger partial charge is 0.464 e. The average Bonchev–Trinajstić information content (AvgIpc) is 2.63. The molecule has 0 bridgehead atoms. The summed E-state index contributed by atoms with van der Waals surface area (Å²) < 4.78 is 5.09. The molecule has 2 aromatic rings. The SMILES string of the molecule is O=[N+]([O-])CC(O)c1nccc2occc12. The van der Waals surface area contributed by atoms with E-state index >= 15 is 0 Å². The second kappa shape index (κ2) is 3.66. The fourth-order valence-electron chi connectivity index (χ4n) is 1.41. The highest BCUT2D eigenvalue weighted by Gasteiger charge is 2.18. The molecule has 2 heterocycles. The highest BCUT2D eigenvalue weighted by atomic mass is 16.6. The topological polar surface area (TPSA) is 89.4 Å². The average molecular weight is 208 g/mol. The molecule has 6 heteroatoms. The van der Waals surface area contributed by atoms with E-state index < -0.39 is 17.6 Å². The molecular formula is C9H8N2O4. The van der Waals surface area contributed by atoms with Gasteiger partial charge in [0.05, 0.1) is 12.0 Å². The minimum atomic E-state index is -1.21. The van der Waals surface area contributed by atoms with Gasteiger partial charge in [0.1, 0.15) is 5.58 Å².